The number of hydrogen-bond donors (Lipinski definition) is 2. The summed E-state index contributed by atoms with van der Waals surface area (Å²) in [6.07, 6.45) is 1.63. The highest BCUT2D eigenvalue weighted by atomic mass is 19.1. The van der Waals surface area contributed by atoms with Crippen LogP contribution in [0.3, 0.4) is 0 Å². The zero-order valence-electron chi connectivity index (χ0n) is 22.4. The summed E-state index contributed by atoms with van der Waals surface area (Å²) in [6, 6.07) is 22.5. The lowest BCUT2D eigenvalue weighted by molar-refractivity contribution is -0.118. The standard InChI is InChI=1S/C31H30FN5O3/c1-21-25(9-6-10-28(21)24-7-4-3-5-8-24)20-40-31-36-18-27(17-34-13-14-35-22(2)38)30(37-31)39-19-23-11-12-29(32)26(15-23)16-33/h3-12,15,18,34H,13-14,17,19-20H2,1-2H3,(H,35,38). The van der Waals surface area contributed by atoms with Gasteiger partial charge in [-0.05, 0) is 46.9 Å². The summed E-state index contributed by atoms with van der Waals surface area (Å²) in [7, 11) is 0. The lowest BCUT2D eigenvalue weighted by atomic mass is 9.97. The highest BCUT2D eigenvalue weighted by Gasteiger charge is 2.13. The summed E-state index contributed by atoms with van der Waals surface area (Å²) in [4.78, 5) is 20.0. The van der Waals surface area contributed by atoms with E-state index in [9.17, 15) is 9.18 Å². The Balaban J connectivity index is 1.49. The molecule has 1 heterocycles. The number of nitriles is 1. The van der Waals surface area contributed by atoms with Gasteiger partial charge in [0.05, 0.1) is 5.56 Å². The second-order valence-electron chi connectivity index (χ2n) is 9.10. The number of benzene rings is 3. The van der Waals surface area contributed by atoms with E-state index in [4.69, 9.17) is 14.7 Å². The first-order valence-corrected chi connectivity index (χ1v) is 12.8. The molecule has 2 N–H and O–H groups in total. The van der Waals surface area contributed by atoms with Crippen molar-refractivity contribution in [3.63, 3.8) is 0 Å². The molecule has 0 saturated heterocycles. The molecule has 0 radical (unpaired) electrons. The van der Waals surface area contributed by atoms with Crippen LogP contribution in [0.25, 0.3) is 11.1 Å². The first-order chi connectivity index (χ1) is 19.4. The van der Waals surface area contributed by atoms with Gasteiger partial charge in [-0.3, -0.25) is 4.79 Å². The van der Waals surface area contributed by atoms with Gasteiger partial charge in [0.25, 0.3) is 0 Å². The number of nitrogens with one attached hydrogen (secondary N) is 2. The number of hydrogen-bond acceptors (Lipinski definition) is 7. The number of nitrogens with zero attached hydrogens (tertiary/aromatic N) is 3. The maximum Gasteiger partial charge on any atom is 0.320 e. The van der Waals surface area contributed by atoms with Crippen molar-refractivity contribution in [2.45, 2.75) is 33.6 Å². The van der Waals surface area contributed by atoms with Crippen molar-refractivity contribution < 1.29 is 18.7 Å². The molecule has 0 unspecified atom stereocenters. The number of carbonyl (C=O) groups excluding carboxylic acids is 1. The van der Waals surface area contributed by atoms with Gasteiger partial charge in [-0.2, -0.15) is 10.2 Å². The Morgan fingerprint density at radius 1 is 1.00 bits per heavy atom. The van der Waals surface area contributed by atoms with Crippen LogP contribution in [0.2, 0.25) is 0 Å². The topological polar surface area (TPSA) is 109 Å². The number of ether oxygens (including phenoxy) is 2. The molecule has 40 heavy (non-hydrogen) atoms. The maximum absolute atomic E-state index is 13.7. The van der Waals surface area contributed by atoms with Crippen molar-refractivity contribution in [3.05, 3.63) is 107 Å². The maximum atomic E-state index is 13.7. The Kier molecular flexibility index (Phi) is 9.75. The molecule has 8 nitrogen and oxygen atoms in total. The zero-order chi connectivity index (χ0) is 28.3. The molecule has 0 spiro atoms. The van der Waals surface area contributed by atoms with Gasteiger partial charge in [-0.1, -0.05) is 54.6 Å². The van der Waals surface area contributed by atoms with Crippen molar-refractivity contribution in [2.75, 3.05) is 13.1 Å². The average molecular weight is 540 g/mol. The van der Waals surface area contributed by atoms with Crippen LogP contribution in [-0.4, -0.2) is 29.0 Å². The molecule has 4 aromatic rings. The summed E-state index contributed by atoms with van der Waals surface area (Å²) >= 11 is 0. The molecule has 204 valence electrons. The van der Waals surface area contributed by atoms with Crippen molar-refractivity contribution in [2.24, 2.45) is 0 Å². The Bertz CT molecular complexity index is 1510. The predicted octanol–water partition coefficient (Wildman–Crippen LogP) is 4.85. The monoisotopic (exact) mass is 539 g/mol. The fourth-order valence-electron chi connectivity index (χ4n) is 4.05. The fourth-order valence-corrected chi connectivity index (χ4v) is 4.05. The van der Waals surface area contributed by atoms with Crippen LogP contribution in [0.15, 0.2) is 72.9 Å². The number of carbonyl (C=O) groups is 1. The van der Waals surface area contributed by atoms with Crippen molar-refractivity contribution in [1.82, 2.24) is 20.6 Å². The van der Waals surface area contributed by atoms with E-state index in [0.717, 1.165) is 22.3 Å². The molecular weight excluding hydrogens is 509 g/mol. The van der Waals surface area contributed by atoms with E-state index >= 15 is 0 Å². The molecular formula is C31H30FN5O3. The second-order valence-corrected chi connectivity index (χ2v) is 9.10. The highest BCUT2D eigenvalue weighted by molar-refractivity contribution is 5.72. The smallest absolute Gasteiger partial charge is 0.320 e. The highest BCUT2D eigenvalue weighted by Crippen LogP contribution is 2.27. The molecule has 0 fully saturated rings. The lowest BCUT2D eigenvalue weighted by Crippen LogP contribution is -2.30. The van der Waals surface area contributed by atoms with Crippen LogP contribution in [-0.2, 0) is 24.6 Å². The Morgan fingerprint density at radius 2 is 1.82 bits per heavy atom. The molecule has 1 aromatic heterocycles. The summed E-state index contributed by atoms with van der Waals surface area (Å²) in [5.74, 6) is -0.384. The average Bonchev–Trinajstić information content (AvgIpc) is 2.97. The summed E-state index contributed by atoms with van der Waals surface area (Å²) in [5, 5.41) is 15.1. The Labute approximate surface area is 232 Å². The number of aromatic nitrogens is 2. The molecule has 9 heteroatoms. The quantitative estimate of drug-likeness (QED) is 0.248. The summed E-state index contributed by atoms with van der Waals surface area (Å²) in [6.45, 7) is 5.27. The molecule has 4 rings (SSSR count). The van der Waals surface area contributed by atoms with E-state index in [1.807, 2.05) is 36.4 Å². The van der Waals surface area contributed by atoms with E-state index in [2.05, 4.69) is 45.7 Å². The minimum absolute atomic E-state index is 0.0548. The van der Waals surface area contributed by atoms with Crippen molar-refractivity contribution >= 4 is 5.91 Å². The first kappa shape index (κ1) is 28.2. The molecule has 0 bridgehead atoms. The molecule has 0 aliphatic rings. The van der Waals surface area contributed by atoms with Crippen molar-refractivity contribution in [1.29, 1.82) is 5.26 Å². The van der Waals surface area contributed by atoms with Gasteiger partial charge >= 0.3 is 6.01 Å². The van der Waals surface area contributed by atoms with E-state index in [0.29, 0.717) is 36.6 Å². The summed E-state index contributed by atoms with van der Waals surface area (Å²) < 4.78 is 25.7. The third-order valence-electron chi connectivity index (χ3n) is 6.21. The SMILES string of the molecule is CC(=O)NCCNCc1cnc(OCc2cccc(-c3ccccc3)c2C)nc1OCc1ccc(F)c(C#N)c1. The van der Waals surface area contributed by atoms with Gasteiger partial charge in [0.2, 0.25) is 11.8 Å². The van der Waals surface area contributed by atoms with Gasteiger partial charge in [-0.15, -0.1) is 0 Å². The van der Waals surface area contributed by atoms with E-state index < -0.39 is 5.82 Å². The lowest BCUT2D eigenvalue weighted by Gasteiger charge is -2.14. The summed E-state index contributed by atoms with van der Waals surface area (Å²) in [5.41, 5.74) is 5.62. The minimum atomic E-state index is -0.584. The molecule has 0 saturated carbocycles. The third-order valence-corrected chi connectivity index (χ3v) is 6.21. The van der Waals surface area contributed by atoms with E-state index in [1.165, 1.54) is 19.1 Å². The Morgan fingerprint density at radius 3 is 2.60 bits per heavy atom. The molecule has 0 aliphatic heterocycles. The normalized spacial score (nSPS) is 10.6. The largest absolute Gasteiger partial charge is 0.472 e. The fraction of sp³-hybridized carbons (Fsp3) is 0.226. The first-order valence-electron chi connectivity index (χ1n) is 12.8. The number of halogens is 1. The zero-order valence-corrected chi connectivity index (χ0v) is 22.4. The van der Waals surface area contributed by atoms with Crippen LogP contribution in [0.4, 0.5) is 4.39 Å². The Hall–Kier alpha value is -4.81. The van der Waals surface area contributed by atoms with Gasteiger partial charge in [0.15, 0.2) is 0 Å². The second kappa shape index (κ2) is 13.8. The number of rotatable bonds is 12. The number of amides is 1. The van der Waals surface area contributed by atoms with Crippen LogP contribution in [0, 0.1) is 24.1 Å². The van der Waals surface area contributed by atoms with Gasteiger partial charge in [0, 0.05) is 38.3 Å². The van der Waals surface area contributed by atoms with E-state index in [1.54, 1.807) is 12.3 Å². The van der Waals surface area contributed by atoms with Crippen LogP contribution < -0.4 is 20.1 Å². The molecule has 1 amide bonds. The van der Waals surface area contributed by atoms with Gasteiger partial charge < -0.3 is 20.1 Å². The third kappa shape index (κ3) is 7.62. The molecule has 3 aromatic carbocycles. The predicted molar refractivity (Wildman–Crippen MR) is 149 cm³/mol. The van der Waals surface area contributed by atoms with Crippen LogP contribution in [0.5, 0.6) is 11.9 Å². The minimum Gasteiger partial charge on any atom is -0.472 e. The molecule has 0 atom stereocenters. The van der Waals surface area contributed by atoms with Gasteiger partial charge in [-0.25, -0.2) is 9.37 Å². The van der Waals surface area contributed by atoms with E-state index in [-0.39, 0.29) is 30.7 Å². The van der Waals surface area contributed by atoms with Crippen molar-refractivity contribution in [3.8, 4) is 29.1 Å². The van der Waals surface area contributed by atoms with Crippen LogP contribution >= 0.6 is 0 Å². The van der Waals surface area contributed by atoms with Crippen LogP contribution in [0.1, 0.15) is 34.7 Å². The van der Waals surface area contributed by atoms with Gasteiger partial charge in [0.1, 0.15) is 25.1 Å². The molecule has 0 aliphatic carbocycles.